The molecular weight excluding hydrogens is 496 g/mol. The number of hydrogen-bond acceptors (Lipinski definition) is 8. The number of nitrogens with zero attached hydrogens (tertiary/aromatic N) is 4. The summed E-state index contributed by atoms with van der Waals surface area (Å²) in [6, 6.07) is 20.5. The maximum atomic E-state index is 13.4. The highest BCUT2D eigenvalue weighted by molar-refractivity contribution is 6.10. The Kier molecular flexibility index (Phi) is 7.26. The Labute approximate surface area is 225 Å². The highest BCUT2D eigenvalue weighted by Gasteiger charge is 2.24. The van der Waals surface area contributed by atoms with Crippen molar-refractivity contribution in [3.05, 3.63) is 83.4 Å². The zero-order valence-corrected chi connectivity index (χ0v) is 21.8. The number of hydrogen-bond donors (Lipinski definition) is 2. The molecular formula is C29H28N6O4. The van der Waals surface area contributed by atoms with Gasteiger partial charge in [0.05, 0.1) is 38.6 Å². The van der Waals surface area contributed by atoms with Gasteiger partial charge in [-0.25, -0.2) is 9.97 Å². The van der Waals surface area contributed by atoms with E-state index in [-0.39, 0.29) is 17.3 Å². The number of fused-ring (bicyclic) bond motifs is 2. The lowest BCUT2D eigenvalue weighted by Crippen LogP contribution is -2.26. The van der Waals surface area contributed by atoms with Crippen LogP contribution in [0.4, 0.5) is 5.82 Å². The maximum Gasteiger partial charge on any atom is 0.257 e. The number of amides is 1. The predicted octanol–water partition coefficient (Wildman–Crippen LogP) is 4.05. The van der Waals surface area contributed by atoms with E-state index in [1.54, 1.807) is 39.7 Å². The lowest BCUT2D eigenvalue weighted by molar-refractivity contribution is 0.0956. The number of ether oxygens (including phenoxy) is 3. The molecule has 2 heterocycles. The number of carbonyl (C=O) groups is 1. The van der Waals surface area contributed by atoms with Gasteiger partial charge >= 0.3 is 0 Å². The lowest BCUT2D eigenvalue weighted by atomic mass is 10.1. The van der Waals surface area contributed by atoms with E-state index in [1.165, 1.54) is 4.68 Å². The van der Waals surface area contributed by atoms with Gasteiger partial charge < -0.3 is 25.3 Å². The first-order valence-corrected chi connectivity index (χ1v) is 12.3. The molecule has 0 unspecified atom stereocenters. The molecule has 0 spiro atoms. The summed E-state index contributed by atoms with van der Waals surface area (Å²) in [7, 11) is 4.77. The summed E-state index contributed by atoms with van der Waals surface area (Å²) in [5, 5.41) is 7.52. The topological polar surface area (TPSA) is 126 Å². The van der Waals surface area contributed by atoms with Crippen molar-refractivity contribution in [1.82, 2.24) is 20.0 Å². The Morgan fingerprint density at radius 1 is 0.949 bits per heavy atom. The van der Waals surface area contributed by atoms with Crippen LogP contribution in [0.5, 0.6) is 17.2 Å². The molecule has 0 fully saturated rings. The number of carbonyl (C=O) groups excluding carboxylic acids is 1. The van der Waals surface area contributed by atoms with E-state index >= 15 is 0 Å². The van der Waals surface area contributed by atoms with Crippen molar-refractivity contribution < 1.29 is 19.0 Å². The fourth-order valence-electron chi connectivity index (χ4n) is 4.25. The molecule has 0 aliphatic heterocycles. The molecule has 1 amide bonds. The quantitative estimate of drug-likeness (QED) is 0.279. The van der Waals surface area contributed by atoms with E-state index in [2.05, 4.69) is 10.4 Å². The number of para-hydroxylation sites is 2. The Morgan fingerprint density at radius 3 is 2.36 bits per heavy atom. The number of rotatable bonds is 9. The molecule has 39 heavy (non-hydrogen) atoms. The fraction of sp³-hybridized carbons (Fsp3) is 0.172. The van der Waals surface area contributed by atoms with E-state index in [9.17, 15) is 4.79 Å². The average molecular weight is 525 g/mol. The number of anilines is 1. The maximum absolute atomic E-state index is 13.4. The summed E-state index contributed by atoms with van der Waals surface area (Å²) < 4.78 is 17.3. The number of methoxy groups -OCH3 is 3. The second-order valence-electron chi connectivity index (χ2n) is 8.67. The van der Waals surface area contributed by atoms with E-state index < -0.39 is 0 Å². The van der Waals surface area contributed by atoms with E-state index in [1.807, 2.05) is 54.6 Å². The molecule has 10 nitrogen and oxygen atoms in total. The largest absolute Gasteiger partial charge is 0.497 e. The van der Waals surface area contributed by atoms with Crippen molar-refractivity contribution in [2.45, 2.75) is 6.42 Å². The van der Waals surface area contributed by atoms with Gasteiger partial charge in [-0.15, -0.1) is 0 Å². The monoisotopic (exact) mass is 524 g/mol. The van der Waals surface area contributed by atoms with Crippen molar-refractivity contribution in [1.29, 1.82) is 0 Å². The van der Waals surface area contributed by atoms with Crippen LogP contribution in [0.15, 0.2) is 71.8 Å². The highest BCUT2D eigenvalue weighted by atomic mass is 16.5. The zero-order valence-electron chi connectivity index (χ0n) is 21.8. The van der Waals surface area contributed by atoms with Crippen LogP contribution < -0.4 is 25.3 Å². The lowest BCUT2D eigenvalue weighted by Gasteiger charge is -2.07. The number of aromatic nitrogens is 3. The normalized spacial score (nSPS) is 11.3. The third-order valence-electron chi connectivity index (χ3n) is 6.29. The molecule has 0 radical (unpaired) electrons. The number of benzene rings is 3. The van der Waals surface area contributed by atoms with Crippen LogP contribution in [0.3, 0.4) is 0 Å². The molecule has 3 aromatic carbocycles. The first-order valence-electron chi connectivity index (χ1n) is 12.3. The minimum atomic E-state index is -0.351. The molecule has 198 valence electrons. The summed E-state index contributed by atoms with van der Waals surface area (Å²) in [5.74, 6) is 1.73. The summed E-state index contributed by atoms with van der Waals surface area (Å²) in [5.41, 5.74) is 10.6. The second kappa shape index (κ2) is 11.1. The molecule has 0 saturated heterocycles. The Hall–Kier alpha value is -5.12. The van der Waals surface area contributed by atoms with Crippen LogP contribution in [0, 0.1) is 0 Å². The minimum Gasteiger partial charge on any atom is -0.497 e. The van der Waals surface area contributed by atoms with Gasteiger partial charge in [0.1, 0.15) is 22.6 Å². The third kappa shape index (κ3) is 5.17. The Balaban J connectivity index is 1.49. The first-order chi connectivity index (χ1) is 19.0. The van der Waals surface area contributed by atoms with Crippen molar-refractivity contribution in [2.24, 2.45) is 5.10 Å². The Morgan fingerprint density at radius 2 is 1.67 bits per heavy atom. The standard InChI is InChI=1S/C29H28N6O4/c1-37-20-11-8-18(9-12-20)14-15-31-29(36)25-26-28(34-22-7-5-4-6-21(22)33-26)35(27(25)30)32-17-19-10-13-23(38-2)24(16-19)39-3/h4-13,16-17H,14-15,30H2,1-3H3,(H,31,36)/b32-17-. The minimum absolute atomic E-state index is 0.138. The van der Waals surface area contributed by atoms with Crippen LogP contribution in [0.2, 0.25) is 0 Å². The van der Waals surface area contributed by atoms with Crippen molar-refractivity contribution >= 4 is 40.1 Å². The van der Waals surface area contributed by atoms with Gasteiger partial charge in [-0.2, -0.15) is 9.78 Å². The van der Waals surface area contributed by atoms with Crippen molar-refractivity contribution in [3.8, 4) is 17.2 Å². The zero-order chi connectivity index (χ0) is 27.4. The molecule has 5 aromatic rings. The molecule has 2 aromatic heterocycles. The van der Waals surface area contributed by atoms with Crippen LogP contribution in [-0.4, -0.2) is 54.6 Å². The second-order valence-corrected chi connectivity index (χ2v) is 8.67. The SMILES string of the molecule is COc1ccc(CCNC(=O)c2c(N)n(/N=C\c3ccc(OC)c(OC)c3)c3nc4ccccc4nc23)cc1. The van der Waals surface area contributed by atoms with Gasteiger partial charge in [-0.05, 0) is 60.0 Å². The summed E-state index contributed by atoms with van der Waals surface area (Å²) in [6.07, 6.45) is 2.25. The van der Waals surface area contributed by atoms with Gasteiger partial charge in [0.15, 0.2) is 17.1 Å². The molecule has 10 heteroatoms. The molecule has 5 rings (SSSR count). The number of nitrogens with two attached hydrogens (primary N) is 1. The van der Waals surface area contributed by atoms with Gasteiger partial charge in [0.2, 0.25) is 0 Å². The van der Waals surface area contributed by atoms with Gasteiger partial charge in [-0.3, -0.25) is 4.79 Å². The van der Waals surface area contributed by atoms with Crippen molar-refractivity contribution in [2.75, 3.05) is 33.6 Å². The molecule has 0 atom stereocenters. The number of nitrogens with one attached hydrogen (secondary N) is 1. The van der Waals surface area contributed by atoms with Gasteiger partial charge in [0, 0.05) is 6.54 Å². The summed E-state index contributed by atoms with van der Waals surface area (Å²) in [4.78, 5) is 22.8. The van der Waals surface area contributed by atoms with E-state index in [0.29, 0.717) is 46.7 Å². The average Bonchev–Trinajstić information content (AvgIpc) is 3.24. The third-order valence-corrected chi connectivity index (χ3v) is 6.29. The van der Waals surface area contributed by atoms with Gasteiger partial charge in [-0.1, -0.05) is 24.3 Å². The summed E-state index contributed by atoms with van der Waals surface area (Å²) >= 11 is 0. The van der Waals surface area contributed by atoms with Crippen LogP contribution in [0.1, 0.15) is 21.5 Å². The first kappa shape index (κ1) is 25.5. The van der Waals surface area contributed by atoms with Crippen molar-refractivity contribution in [3.63, 3.8) is 0 Å². The Bertz CT molecular complexity index is 1680. The van der Waals surface area contributed by atoms with Crippen LogP contribution in [-0.2, 0) is 6.42 Å². The predicted molar refractivity (Wildman–Crippen MR) is 151 cm³/mol. The highest BCUT2D eigenvalue weighted by Crippen LogP contribution is 2.29. The molecule has 3 N–H and O–H groups in total. The number of nitrogen functional groups attached to an aromatic ring is 1. The molecule has 0 aliphatic carbocycles. The molecule has 0 bridgehead atoms. The van der Waals surface area contributed by atoms with E-state index in [4.69, 9.17) is 29.9 Å². The van der Waals surface area contributed by atoms with Gasteiger partial charge in [0.25, 0.3) is 5.91 Å². The molecule has 0 saturated carbocycles. The molecule has 0 aliphatic rings. The van der Waals surface area contributed by atoms with Crippen LogP contribution in [0.25, 0.3) is 22.2 Å². The van der Waals surface area contributed by atoms with Crippen LogP contribution >= 0.6 is 0 Å². The summed E-state index contributed by atoms with van der Waals surface area (Å²) in [6.45, 7) is 0.410. The fourth-order valence-corrected chi connectivity index (χ4v) is 4.25. The smallest absolute Gasteiger partial charge is 0.257 e. The van der Waals surface area contributed by atoms with E-state index in [0.717, 1.165) is 16.9 Å².